The molecule has 1 unspecified atom stereocenters. The monoisotopic (exact) mass is 260 g/mol. The quantitative estimate of drug-likeness (QED) is 0.743. The van der Waals surface area contributed by atoms with Crippen LogP contribution in [0.2, 0.25) is 0 Å². The van der Waals surface area contributed by atoms with Crippen molar-refractivity contribution in [2.24, 2.45) is 5.92 Å². The Balaban J connectivity index is 1.84. The van der Waals surface area contributed by atoms with Crippen LogP contribution in [-0.2, 0) is 6.42 Å². The summed E-state index contributed by atoms with van der Waals surface area (Å²) in [6.45, 7) is 2.64. The second-order valence-electron chi connectivity index (χ2n) is 5.45. The van der Waals surface area contributed by atoms with E-state index in [0.29, 0.717) is 12.5 Å². The minimum absolute atomic E-state index is 0.0133. The van der Waals surface area contributed by atoms with Crippen molar-refractivity contribution in [1.82, 2.24) is 10.6 Å². The SMILES string of the molecule is O=C1NCCc2ccc(C(O)C3CCNCC3)cc21. The fourth-order valence-corrected chi connectivity index (χ4v) is 3.05. The van der Waals surface area contributed by atoms with Gasteiger partial charge >= 0.3 is 0 Å². The fraction of sp³-hybridized carbons (Fsp3) is 0.533. The van der Waals surface area contributed by atoms with E-state index < -0.39 is 6.10 Å². The standard InChI is InChI=1S/C15H20N2O2/c18-14(11-3-6-16-7-4-11)12-2-1-10-5-8-17-15(19)13(10)9-12/h1-2,9,11,14,16,18H,3-8H2,(H,17,19). The molecule has 2 heterocycles. The first-order valence-corrected chi connectivity index (χ1v) is 7.05. The van der Waals surface area contributed by atoms with E-state index in [-0.39, 0.29) is 5.91 Å². The lowest BCUT2D eigenvalue weighted by Crippen LogP contribution is -2.33. The van der Waals surface area contributed by atoms with Crippen molar-refractivity contribution in [2.45, 2.75) is 25.4 Å². The molecule has 19 heavy (non-hydrogen) atoms. The largest absolute Gasteiger partial charge is 0.388 e. The third kappa shape index (κ3) is 2.51. The molecule has 3 N–H and O–H groups in total. The highest BCUT2D eigenvalue weighted by Crippen LogP contribution is 2.30. The highest BCUT2D eigenvalue weighted by molar-refractivity contribution is 5.96. The molecule has 2 aliphatic heterocycles. The number of piperidine rings is 1. The molecule has 0 bridgehead atoms. The molecule has 0 radical (unpaired) electrons. The number of hydrogen-bond acceptors (Lipinski definition) is 3. The molecule has 4 heteroatoms. The summed E-state index contributed by atoms with van der Waals surface area (Å²) in [6, 6.07) is 5.84. The van der Waals surface area contributed by atoms with Crippen molar-refractivity contribution in [3.63, 3.8) is 0 Å². The van der Waals surface area contributed by atoms with Crippen LogP contribution in [0.4, 0.5) is 0 Å². The van der Waals surface area contributed by atoms with E-state index in [2.05, 4.69) is 10.6 Å². The van der Waals surface area contributed by atoms with E-state index in [0.717, 1.165) is 49.0 Å². The summed E-state index contributed by atoms with van der Waals surface area (Å²) in [5.41, 5.74) is 2.70. The number of aliphatic hydroxyl groups is 1. The van der Waals surface area contributed by atoms with Crippen LogP contribution < -0.4 is 10.6 Å². The topological polar surface area (TPSA) is 61.4 Å². The molecule has 1 saturated heterocycles. The van der Waals surface area contributed by atoms with Gasteiger partial charge in [-0.2, -0.15) is 0 Å². The summed E-state index contributed by atoms with van der Waals surface area (Å²) in [6.07, 6.45) is 2.40. The molecular formula is C15H20N2O2. The number of fused-ring (bicyclic) bond motifs is 1. The number of carbonyl (C=O) groups is 1. The van der Waals surface area contributed by atoms with Gasteiger partial charge in [0, 0.05) is 12.1 Å². The molecule has 3 rings (SSSR count). The highest BCUT2D eigenvalue weighted by atomic mass is 16.3. The molecule has 0 spiro atoms. The minimum atomic E-state index is -0.456. The van der Waals surface area contributed by atoms with Gasteiger partial charge in [-0.1, -0.05) is 12.1 Å². The van der Waals surface area contributed by atoms with Gasteiger partial charge in [-0.15, -0.1) is 0 Å². The molecule has 1 atom stereocenters. The molecule has 1 amide bonds. The van der Waals surface area contributed by atoms with Crippen LogP contribution in [0.15, 0.2) is 18.2 Å². The number of hydrogen-bond donors (Lipinski definition) is 3. The smallest absolute Gasteiger partial charge is 0.251 e. The van der Waals surface area contributed by atoms with Crippen LogP contribution in [-0.4, -0.2) is 30.6 Å². The van der Waals surface area contributed by atoms with Gasteiger partial charge in [0.2, 0.25) is 0 Å². The number of carbonyl (C=O) groups excluding carboxylic acids is 1. The summed E-state index contributed by atoms with van der Waals surface area (Å²) >= 11 is 0. The van der Waals surface area contributed by atoms with Crippen LogP contribution in [0.5, 0.6) is 0 Å². The average molecular weight is 260 g/mol. The van der Waals surface area contributed by atoms with Crippen LogP contribution in [0, 0.1) is 5.92 Å². The molecule has 4 nitrogen and oxygen atoms in total. The third-order valence-electron chi connectivity index (χ3n) is 4.23. The summed E-state index contributed by atoms with van der Waals surface area (Å²) < 4.78 is 0. The van der Waals surface area contributed by atoms with Gasteiger partial charge in [-0.25, -0.2) is 0 Å². The third-order valence-corrected chi connectivity index (χ3v) is 4.23. The van der Waals surface area contributed by atoms with Crippen molar-refractivity contribution in [3.8, 4) is 0 Å². The maximum Gasteiger partial charge on any atom is 0.251 e. The van der Waals surface area contributed by atoms with Gasteiger partial charge in [0.05, 0.1) is 6.10 Å². The second kappa shape index (κ2) is 5.31. The predicted octanol–water partition coefficient (Wildman–Crippen LogP) is 1.01. The first kappa shape index (κ1) is 12.6. The molecule has 102 valence electrons. The van der Waals surface area contributed by atoms with Crippen molar-refractivity contribution < 1.29 is 9.90 Å². The van der Waals surface area contributed by atoms with Gasteiger partial charge in [-0.3, -0.25) is 4.79 Å². The normalized spacial score (nSPS) is 21.6. The van der Waals surface area contributed by atoms with E-state index in [4.69, 9.17) is 0 Å². The predicted molar refractivity (Wildman–Crippen MR) is 73.0 cm³/mol. The van der Waals surface area contributed by atoms with E-state index >= 15 is 0 Å². The Morgan fingerprint density at radius 1 is 1.21 bits per heavy atom. The number of nitrogens with one attached hydrogen (secondary N) is 2. The maximum absolute atomic E-state index is 11.8. The number of benzene rings is 1. The minimum Gasteiger partial charge on any atom is -0.388 e. The van der Waals surface area contributed by atoms with E-state index in [1.165, 1.54) is 0 Å². The fourth-order valence-electron chi connectivity index (χ4n) is 3.05. The zero-order chi connectivity index (χ0) is 13.2. The van der Waals surface area contributed by atoms with Crippen LogP contribution in [0.25, 0.3) is 0 Å². The molecule has 0 aliphatic carbocycles. The molecule has 1 aromatic rings. The van der Waals surface area contributed by atoms with Gasteiger partial charge in [0.15, 0.2) is 0 Å². The Kier molecular flexibility index (Phi) is 3.53. The Hall–Kier alpha value is -1.39. The van der Waals surface area contributed by atoms with E-state index in [1.807, 2.05) is 18.2 Å². The highest BCUT2D eigenvalue weighted by Gasteiger charge is 2.25. The summed E-state index contributed by atoms with van der Waals surface area (Å²) in [4.78, 5) is 11.8. The molecule has 1 aromatic carbocycles. The Bertz CT molecular complexity index is 481. The Morgan fingerprint density at radius 2 is 2.00 bits per heavy atom. The summed E-state index contributed by atoms with van der Waals surface area (Å²) in [7, 11) is 0. The number of rotatable bonds is 2. The zero-order valence-electron chi connectivity index (χ0n) is 11.0. The lowest BCUT2D eigenvalue weighted by atomic mass is 9.86. The number of aliphatic hydroxyl groups excluding tert-OH is 1. The Labute approximate surface area is 113 Å². The van der Waals surface area contributed by atoms with Gasteiger partial charge < -0.3 is 15.7 Å². The van der Waals surface area contributed by atoms with Crippen molar-refractivity contribution in [3.05, 3.63) is 34.9 Å². The average Bonchev–Trinajstić information content (AvgIpc) is 2.47. The number of amides is 1. The maximum atomic E-state index is 11.8. The molecule has 1 fully saturated rings. The van der Waals surface area contributed by atoms with Crippen LogP contribution >= 0.6 is 0 Å². The first-order chi connectivity index (χ1) is 9.25. The van der Waals surface area contributed by atoms with Crippen molar-refractivity contribution >= 4 is 5.91 Å². The van der Waals surface area contributed by atoms with Crippen LogP contribution in [0.3, 0.4) is 0 Å². The van der Waals surface area contributed by atoms with E-state index in [1.54, 1.807) is 0 Å². The first-order valence-electron chi connectivity index (χ1n) is 7.05. The molecule has 2 aliphatic rings. The summed E-state index contributed by atoms with van der Waals surface area (Å²) in [5.74, 6) is 0.284. The molecular weight excluding hydrogens is 240 g/mol. The lowest BCUT2D eigenvalue weighted by Gasteiger charge is -2.28. The molecule has 0 saturated carbocycles. The second-order valence-corrected chi connectivity index (χ2v) is 5.45. The van der Waals surface area contributed by atoms with Gasteiger partial charge in [0.1, 0.15) is 0 Å². The van der Waals surface area contributed by atoms with Crippen LogP contribution in [0.1, 0.15) is 40.4 Å². The van der Waals surface area contributed by atoms with Crippen molar-refractivity contribution in [2.75, 3.05) is 19.6 Å². The van der Waals surface area contributed by atoms with E-state index in [9.17, 15) is 9.90 Å². The Morgan fingerprint density at radius 3 is 2.79 bits per heavy atom. The molecule has 0 aromatic heterocycles. The van der Waals surface area contributed by atoms with Crippen molar-refractivity contribution in [1.29, 1.82) is 0 Å². The lowest BCUT2D eigenvalue weighted by molar-refractivity contribution is 0.0883. The van der Waals surface area contributed by atoms with Gasteiger partial charge in [-0.05, 0) is 55.5 Å². The van der Waals surface area contributed by atoms with Gasteiger partial charge in [0.25, 0.3) is 5.91 Å². The summed E-state index contributed by atoms with van der Waals surface area (Å²) in [5, 5.41) is 16.6. The zero-order valence-corrected chi connectivity index (χ0v) is 11.0.